The van der Waals surface area contributed by atoms with Gasteiger partial charge in [-0.15, -0.1) is 0 Å². The van der Waals surface area contributed by atoms with E-state index in [4.69, 9.17) is 36.2 Å². The van der Waals surface area contributed by atoms with Crippen LogP contribution in [-0.2, 0) is 27.3 Å². The number of pyridine rings is 1. The van der Waals surface area contributed by atoms with Gasteiger partial charge in [0.05, 0.1) is 38.9 Å². The van der Waals surface area contributed by atoms with Gasteiger partial charge in [0.1, 0.15) is 10.8 Å². The fourth-order valence-corrected chi connectivity index (χ4v) is 7.21. The Morgan fingerprint density at radius 1 is 1.00 bits per heavy atom. The van der Waals surface area contributed by atoms with Crippen molar-refractivity contribution in [1.29, 1.82) is 0 Å². The van der Waals surface area contributed by atoms with Crippen molar-refractivity contribution in [3.05, 3.63) is 93.1 Å². The number of rotatable bonds is 17. The maximum absolute atomic E-state index is 14.8. The van der Waals surface area contributed by atoms with Gasteiger partial charge in [0.15, 0.2) is 11.6 Å². The number of aromatic nitrogens is 1. The second kappa shape index (κ2) is 17.4. The minimum Gasteiger partial charge on any atom is -0.489 e. The Bertz CT molecular complexity index is 1850. The van der Waals surface area contributed by atoms with E-state index < -0.39 is 23.1 Å². The van der Waals surface area contributed by atoms with Crippen LogP contribution >= 0.6 is 11.6 Å². The monoisotopic (exact) mass is 770 g/mol. The predicted molar refractivity (Wildman–Crippen MR) is 193 cm³/mol. The Morgan fingerprint density at radius 2 is 1.72 bits per heavy atom. The maximum Gasteiger partial charge on any atom is 0.410 e. The summed E-state index contributed by atoms with van der Waals surface area (Å²) in [5.41, 5.74) is 4.82. The second-order valence-electron chi connectivity index (χ2n) is 14.0. The van der Waals surface area contributed by atoms with Crippen molar-refractivity contribution in [1.82, 2.24) is 20.2 Å². The SMILES string of the molecule is COc1nccc(CN(C(=O)C2=C(c3ccc(CCCOc4c(F)ccc(F)c4Cl)cc3)C3(CC3)CN(C(=O)OCCCCON(O)O)C2)C2CC2)c1C. The highest BCUT2D eigenvalue weighted by Gasteiger charge is 2.54. The fraction of sp³-hybridized carbons (Fsp3) is 0.462. The largest absolute Gasteiger partial charge is 0.489 e. The van der Waals surface area contributed by atoms with Gasteiger partial charge in [-0.2, -0.15) is 0 Å². The third kappa shape index (κ3) is 9.29. The van der Waals surface area contributed by atoms with Gasteiger partial charge in [-0.05, 0) is 98.8 Å². The minimum atomic E-state index is -0.748. The molecule has 12 nitrogen and oxygen atoms in total. The van der Waals surface area contributed by atoms with Crippen molar-refractivity contribution in [3.8, 4) is 11.6 Å². The molecule has 2 fully saturated rings. The molecule has 2 heterocycles. The molecule has 1 aromatic heterocycles. The fourth-order valence-electron chi connectivity index (χ4n) is 7.00. The van der Waals surface area contributed by atoms with Crippen LogP contribution in [0, 0.1) is 24.0 Å². The van der Waals surface area contributed by atoms with Crippen LogP contribution in [0.1, 0.15) is 67.2 Å². The molecule has 2 saturated carbocycles. The average molecular weight is 771 g/mol. The van der Waals surface area contributed by atoms with Crippen molar-refractivity contribution in [2.75, 3.05) is 40.0 Å². The van der Waals surface area contributed by atoms with Crippen LogP contribution in [0.2, 0.25) is 5.02 Å². The summed E-state index contributed by atoms with van der Waals surface area (Å²) in [4.78, 5) is 40.7. The molecule has 54 heavy (non-hydrogen) atoms. The highest BCUT2D eigenvalue weighted by molar-refractivity contribution is 6.32. The zero-order valence-corrected chi connectivity index (χ0v) is 31.1. The molecule has 0 saturated heterocycles. The van der Waals surface area contributed by atoms with E-state index in [9.17, 15) is 18.4 Å². The average Bonchev–Trinajstić information content (AvgIpc) is 4.11. The highest BCUT2D eigenvalue weighted by atomic mass is 35.5. The van der Waals surface area contributed by atoms with Crippen LogP contribution in [-0.4, -0.2) is 88.7 Å². The first-order valence-corrected chi connectivity index (χ1v) is 18.5. The lowest BCUT2D eigenvalue weighted by molar-refractivity contribution is -0.492. The van der Waals surface area contributed by atoms with Gasteiger partial charge in [-0.1, -0.05) is 35.9 Å². The van der Waals surface area contributed by atoms with Gasteiger partial charge < -0.3 is 24.0 Å². The van der Waals surface area contributed by atoms with Crippen molar-refractivity contribution in [2.45, 2.75) is 70.9 Å². The summed E-state index contributed by atoms with van der Waals surface area (Å²) in [7, 11) is 1.57. The summed E-state index contributed by atoms with van der Waals surface area (Å²) in [5.74, 6) is -1.39. The summed E-state index contributed by atoms with van der Waals surface area (Å²) >= 11 is 5.89. The number of hydrogen-bond acceptors (Lipinski definition) is 10. The lowest BCUT2D eigenvalue weighted by Gasteiger charge is -2.38. The van der Waals surface area contributed by atoms with E-state index in [-0.39, 0.29) is 54.5 Å². The number of methoxy groups -OCH3 is 1. The Labute approximate surface area is 317 Å². The first-order valence-electron chi connectivity index (χ1n) is 18.1. The molecule has 6 rings (SSSR count). The molecular weight excluding hydrogens is 726 g/mol. The number of nitrogens with zero attached hydrogens (tertiary/aromatic N) is 4. The van der Waals surface area contributed by atoms with Gasteiger partial charge in [0.25, 0.3) is 5.91 Å². The van der Waals surface area contributed by atoms with Gasteiger partial charge in [0, 0.05) is 41.9 Å². The Kier molecular flexibility index (Phi) is 12.7. The molecule has 2 amide bonds. The molecule has 2 aromatic carbocycles. The molecule has 15 heteroatoms. The molecule has 290 valence electrons. The maximum atomic E-state index is 14.8. The summed E-state index contributed by atoms with van der Waals surface area (Å²) in [6, 6.07) is 11.9. The van der Waals surface area contributed by atoms with Gasteiger partial charge >= 0.3 is 6.09 Å². The molecule has 1 spiro atoms. The highest BCUT2D eigenvalue weighted by Crippen LogP contribution is 2.59. The Balaban J connectivity index is 1.22. The minimum absolute atomic E-state index is 0.0400. The predicted octanol–water partition coefficient (Wildman–Crippen LogP) is 7.31. The smallest absolute Gasteiger partial charge is 0.410 e. The number of amides is 2. The first kappa shape index (κ1) is 39.4. The number of benzene rings is 2. The summed E-state index contributed by atoms with van der Waals surface area (Å²) in [6.45, 7) is 3.08. The summed E-state index contributed by atoms with van der Waals surface area (Å²) in [6.07, 6.45) is 6.57. The lowest BCUT2D eigenvalue weighted by atomic mass is 9.81. The Hall–Kier alpha value is -4.34. The van der Waals surface area contributed by atoms with Crippen molar-refractivity contribution in [3.63, 3.8) is 0 Å². The number of carbonyl (C=O) groups is 2. The number of hydrogen-bond donors (Lipinski definition) is 2. The third-order valence-electron chi connectivity index (χ3n) is 10.2. The van der Waals surface area contributed by atoms with Crippen molar-refractivity contribution in [2.24, 2.45) is 5.41 Å². The summed E-state index contributed by atoms with van der Waals surface area (Å²) in [5, 5.41) is 16.7. The Morgan fingerprint density at radius 3 is 2.41 bits per heavy atom. The molecule has 0 unspecified atom stereocenters. The first-order chi connectivity index (χ1) is 26.0. The number of carbonyl (C=O) groups excluding carboxylic acids is 2. The molecule has 1 aliphatic heterocycles. The van der Waals surface area contributed by atoms with Crippen LogP contribution in [0.4, 0.5) is 13.6 Å². The zero-order chi connectivity index (χ0) is 38.4. The van der Waals surface area contributed by atoms with E-state index in [1.807, 2.05) is 42.2 Å². The van der Waals surface area contributed by atoms with Crippen molar-refractivity contribution >= 4 is 29.2 Å². The normalized spacial score (nSPS) is 16.2. The van der Waals surface area contributed by atoms with E-state index in [0.29, 0.717) is 50.2 Å². The topological polar surface area (TPSA) is 134 Å². The van der Waals surface area contributed by atoms with Gasteiger partial charge in [-0.25, -0.2) is 18.6 Å². The molecule has 2 aliphatic carbocycles. The third-order valence-corrected chi connectivity index (χ3v) is 10.5. The van der Waals surface area contributed by atoms with Crippen LogP contribution in [0.5, 0.6) is 11.6 Å². The molecule has 0 radical (unpaired) electrons. The van der Waals surface area contributed by atoms with E-state index in [0.717, 1.165) is 65.6 Å². The zero-order valence-electron chi connectivity index (χ0n) is 30.4. The molecule has 0 bridgehead atoms. The van der Waals surface area contributed by atoms with Gasteiger partial charge in [0.2, 0.25) is 5.88 Å². The number of ether oxygens (including phenoxy) is 3. The van der Waals surface area contributed by atoms with E-state index in [2.05, 4.69) is 9.82 Å². The number of aryl methyl sites for hydroxylation is 1. The molecule has 2 N–H and O–H groups in total. The number of unbranched alkanes of at least 4 members (excludes halogenated alkanes) is 1. The van der Waals surface area contributed by atoms with Crippen LogP contribution in [0.15, 0.2) is 54.2 Å². The van der Waals surface area contributed by atoms with E-state index in [1.54, 1.807) is 18.2 Å². The van der Waals surface area contributed by atoms with Crippen LogP contribution in [0.25, 0.3) is 5.57 Å². The number of halogens is 3. The van der Waals surface area contributed by atoms with E-state index in [1.165, 1.54) is 0 Å². The standard InChI is InChI=1S/C39H45ClF2N4O8/c1-25-28(15-18-43-36(25)51-2)22-45(29-11-12-29)37(47)30-23-44(38(48)53-19-3-4-21-54-46(49)50)24-39(16-17-39)33(30)27-9-7-26(8-10-27)6-5-20-52-35-32(42)14-13-31(41)34(35)40/h7-10,13-15,18,29,49-50H,3-6,11-12,16-17,19-24H2,1-2H3. The molecular formula is C39H45ClF2N4O8. The second-order valence-corrected chi connectivity index (χ2v) is 14.4. The van der Waals surface area contributed by atoms with Crippen molar-refractivity contribution < 1.29 is 47.8 Å². The van der Waals surface area contributed by atoms with E-state index >= 15 is 0 Å². The quantitative estimate of drug-likeness (QED) is 0.0818. The molecule has 3 aromatic rings. The summed E-state index contributed by atoms with van der Waals surface area (Å²) < 4.78 is 44.5. The molecule has 3 aliphatic rings. The molecule has 0 atom stereocenters. The van der Waals surface area contributed by atoms with Gasteiger partial charge in [-0.3, -0.25) is 20.0 Å². The van der Waals surface area contributed by atoms with Crippen LogP contribution < -0.4 is 9.47 Å². The van der Waals surface area contributed by atoms with Crippen LogP contribution in [0.3, 0.4) is 0 Å². The lowest BCUT2D eigenvalue weighted by Crippen LogP contribution is -2.46.